The molecule has 0 atom stereocenters. The van der Waals surface area contributed by atoms with E-state index in [2.05, 4.69) is 38.2 Å². The zero-order valence-electron chi connectivity index (χ0n) is 11.5. The van der Waals surface area contributed by atoms with Crippen molar-refractivity contribution in [3.8, 4) is 5.75 Å². The SMILES string of the molecule is CCOc1ccccc1CNCC(C)(C)CC. The normalized spacial score (nSPS) is 11.5. The molecule has 1 aromatic rings. The minimum absolute atomic E-state index is 0.362. The summed E-state index contributed by atoms with van der Waals surface area (Å²) in [5.41, 5.74) is 1.60. The van der Waals surface area contributed by atoms with Crippen LogP contribution in [0.15, 0.2) is 24.3 Å². The number of benzene rings is 1. The van der Waals surface area contributed by atoms with Crippen molar-refractivity contribution < 1.29 is 4.74 Å². The van der Waals surface area contributed by atoms with Crippen molar-refractivity contribution in [1.82, 2.24) is 5.32 Å². The minimum Gasteiger partial charge on any atom is -0.494 e. The molecule has 1 aromatic carbocycles. The van der Waals surface area contributed by atoms with E-state index in [0.29, 0.717) is 5.41 Å². The minimum atomic E-state index is 0.362. The fourth-order valence-electron chi connectivity index (χ4n) is 1.61. The molecule has 0 heterocycles. The Kier molecular flexibility index (Phi) is 5.49. The van der Waals surface area contributed by atoms with E-state index in [0.717, 1.165) is 25.4 Å². The molecule has 1 N–H and O–H groups in total. The summed E-state index contributed by atoms with van der Waals surface area (Å²) in [6, 6.07) is 8.23. The largest absolute Gasteiger partial charge is 0.494 e. The van der Waals surface area contributed by atoms with Crippen molar-refractivity contribution in [1.29, 1.82) is 0 Å². The summed E-state index contributed by atoms with van der Waals surface area (Å²) in [6.45, 7) is 11.4. The van der Waals surface area contributed by atoms with Crippen LogP contribution in [0.25, 0.3) is 0 Å². The molecule has 0 amide bonds. The van der Waals surface area contributed by atoms with Gasteiger partial charge in [0, 0.05) is 18.7 Å². The van der Waals surface area contributed by atoms with Crippen LogP contribution in [-0.4, -0.2) is 13.2 Å². The first kappa shape index (κ1) is 14.0. The molecule has 2 nitrogen and oxygen atoms in total. The molecule has 0 aliphatic heterocycles. The fraction of sp³-hybridized carbons (Fsp3) is 0.600. The molecular formula is C15H25NO. The molecule has 0 spiro atoms. The van der Waals surface area contributed by atoms with Crippen molar-refractivity contribution in [3.05, 3.63) is 29.8 Å². The van der Waals surface area contributed by atoms with Crippen LogP contribution in [0.2, 0.25) is 0 Å². The van der Waals surface area contributed by atoms with Gasteiger partial charge < -0.3 is 10.1 Å². The van der Waals surface area contributed by atoms with Crippen LogP contribution in [0.4, 0.5) is 0 Å². The molecule has 0 saturated heterocycles. The van der Waals surface area contributed by atoms with Crippen molar-refractivity contribution in [2.45, 2.75) is 40.7 Å². The molecule has 0 aliphatic rings. The Bertz CT molecular complexity index is 333. The quantitative estimate of drug-likeness (QED) is 0.779. The molecule has 0 bridgehead atoms. The smallest absolute Gasteiger partial charge is 0.123 e. The van der Waals surface area contributed by atoms with E-state index in [9.17, 15) is 0 Å². The Balaban J connectivity index is 2.51. The van der Waals surface area contributed by atoms with Crippen LogP contribution < -0.4 is 10.1 Å². The third kappa shape index (κ3) is 4.78. The Labute approximate surface area is 105 Å². The van der Waals surface area contributed by atoms with Gasteiger partial charge in [-0.05, 0) is 24.8 Å². The van der Waals surface area contributed by atoms with Crippen molar-refractivity contribution in [3.63, 3.8) is 0 Å². The molecule has 17 heavy (non-hydrogen) atoms. The first-order valence-corrected chi connectivity index (χ1v) is 6.50. The number of hydrogen-bond acceptors (Lipinski definition) is 2. The van der Waals surface area contributed by atoms with Gasteiger partial charge in [0.25, 0.3) is 0 Å². The van der Waals surface area contributed by atoms with E-state index < -0.39 is 0 Å². The topological polar surface area (TPSA) is 21.3 Å². The maximum absolute atomic E-state index is 5.61. The van der Waals surface area contributed by atoms with Gasteiger partial charge >= 0.3 is 0 Å². The number of hydrogen-bond donors (Lipinski definition) is 1. The summed E-state index contributed by atoms with van der Waals surface area (Å²) in [5, 5.41) is 3.51. The van der Waals surface area contributed by atoms with E-state index in [1.165, 1.54) is 12.0 Å². The molecular weight excluding hydrogens is 210 g/mol. The van der Waals surface area contributed by atoms with E-state index in [1.807, 2.05) is 19.1 Å². The van der Waals surface area contributed by atoms with E-state index in [-0.39, 0.29) is 0 Å². The lowest BCUT2D eigenvalue weighted by molar-refractivity contribution is 0.319. The molecule has 1 rings (SSSR count). The van der Waals surface area contributed by atoms with Crippen LogP contribution >= 0.6 is 0 Å². The second kappa shape index (κ2) is 6.65. The van der Waals surface area contributed by atoms with Crippen molar-refractivity contribution in [2.24, 2.45) is 5.41 Å². The van der Waals surface area contributed by atoms with Gasteiger partial charge in [-0.25, -0.2) is 0 Å². The summed E-state index contributed by atoms with van der Waals surface area (Å²) in [6.07, 6.45) is 1.19. The number of rotatable bonds is 7. The van der Waals surface area contributed by atoms with Gasteiger partial charge in [-0.15, -0.1) is 0 Å². The molecule has 0 unspecified atom stereocenters. The summed E-state index contributed by atoms with van der Waals surface area (Å²) in [4.78, 5) is 0. The highest BCUT2D eigenvalue weighted by Crippen LogP contribution is 2.20. The average molecular weight is 235 g/mol. The molecule has 0 aromatic heterocycles. The van der Waals surface area contributed by atoms with Gasteiger partial charge in [-0.1, -0.05) is 39.0 Å². The van der Waals surface area contributed by atoms with E-state index in [1.54, 1.807) is 0 Å². The number of para-hydroxylation sites is 1. The number of nitrogens with one attached hydrogen (secondary N) is 1. The molecule has 0 aliphatic carbocycles. The fourth-order valence-corrected chi connectivity index (χ4v) is 1.61. The lowest BCUT2D eigenvalue weighted by atomic mass is 9.90. The third-order valence-corrected chi connectivity index (χ3v) is 3.15. The Hall–Kier alpha value is -1.02. The van der Waals surface area contributed by atoms with Gasteiger partial charge in [0.2, 0.25) is 0 Å². The van der Waals surface area contributed by atoms with Crippen molar-refractivity contribution in [2.75, 3.05) is 13.2 Å². The Morgan fingerprint density at radius 2 is 1.88 bits per heavy atom. The summed E-state index contributed by atoms with van der Waals surface area (Å²) < 4.78 is 5.61. The third-order valence-electron chi connectivity index (χ3n) is 3.15. The summed E-state index contributed by atoms with van der Waals surface area (Å²) in [5.74, 6) is 0.997. The second-order valence-electron chi connectivity index (χ2n) is 5.16. The second-order valence-corrected chi connectivity index (χ2v) is 5.16. The van der Waals surface area contributed by atoms with Crippen LogP contribution in [0.3, 0.4) is 0 Å². The maximum atomic E-state index is 5.61. The van der Waals surface area contributed by atoms with E-state index >= 15 is 0 Å². The van der Waals surface area contributed by atoms with Crippen LogP contribution in [-0.2, 0) is 6.54 Å². The van der Waals surface area contributed by atoms with Gasteiger partial charge in [0.15, 0.2) is 0 Å². The zero-order chi connectivity index (χ0) is 12.7. The molecule has 0 radical (unpaired) electrons. The highest BCUT2D eigenvalue weighted by atomic mass is 16.5. The highest BCUT2D eigenvalue weighted by Gasteiger charge is 2.14. The predicted octanol–water partition coefficient (Wildman–Crippen LogP) is 3.61. The van der Waals surface area contributed by atoms with Crippen LogP contribution in [0.1, 0.15) is 39.7 Å². The average Bonchev–Trinajstić information content (AvgIpc) is 2.31. The Morgan fingerprint density at radius 1 is 1.18 bits per heavy atom. The van der Waals surface area contributed by atoms with Gasteiger partial charge in [-0.3, -0.25) is 0 Å². The zero-order valence-corrected chi connectivity index (χ0v) is 11.5. The molecule has 2 heteroatoms. The monoisotopic (exact) mass is 235 g/mol. The van der Waals surface area contributed by atoms with E-state index in [4.69, 9.17) is 4.74 Å². The lowest BCUT2D eigenvalue weighted by Gasteiger charge is -2.23. The standard InChI is InChI=1S/C15H25NO/c1-5-15(3,4)12-16-11-13-9-7-8-10-14(13)17-6-2/h7-10,16H,5-6,11-12H2,1-4H3. The van der Waals surface area contributed by atoms with Gasteiger partial charge in [-0.2, -0.15) is 0 Å². The molecule has 0 saturated carbocycles. The Morgan fingerprint density at radius 3 is 2.53 bits per heavy atom. The van der Waals surface area contributed by atoms with Crippen molar-refractivity contribution >= 4 is 0 Å². The van der Waals surface area contributed by atoms with Gasteiger partial charge in [0.1, 0.15) is 5.75 Å². The first-order chi connectivity index (χ1) is 8.09. The lowest BCUT2D eigenvalue weighted by Crippen LogP contribution is -2.28. The number of ether oxygens (including phenoxy) is 1. The summed E-state index contributed by atoms with van der Waals surface area (Å²) >= 11 is 0. The first-order valence-electron chi connectivity index (χ1n) is 6.50. The predicted molar refractivity (Wildman–Crippen MR) is 73.4 cm³/mol. The van der Waals surface area contributed by atoms with Gasteiger partial charge in [0.05, 0.1) is 6.61 Å². The highest BCUT2D eigenvalue weighted by molar-refractivity contribution is 5.33. The molecule has 0 fully saturated rings. The summed E-state index contributed by atoms with van der Waals surface area (Å²) in [7, 11) is 0. The van der Waals surface area contributed by atoms with Crippen LogP contribution in [0, 0.1) is 5.41 Å². The van der Waals surface area contributed by atoms with Crippen LogP contribution in [0.5, 0.6) is 5.75 Å². The molecule has 96 valence electrons. The maximum Gasteiger partial charge on any atom is 0.123 e.